The maximum Gasteiger partial charge on any atom is 0.162 e. The molecule has 0 bridgehead atoms. The van der Waals surface area contributed by atoms with Crippen LogP contribution in [0.1, 0.15) is 18.4 Å². The molecule has 1 aromatic rings. The molecular weight excluding hydrogens is 240 g/mol. The predicted octanol–water partition coefficient (Wildman–Crippen LogP) is 2.42. The average Bonchev–Trinajstić information content (AvgIpc) is 2.46. The van der Waals surface area contributed by atoms with Crippen molar-refractivity contribution in [1.82, 2.24) is 5.32 Å². The standard InChI is InChI=1S/C15H24N2O2/c1-11-8-14(18-2)15(19-3)9-13(11)17-10-12-4-6-16-7-5-12/h8-9,12,16-17H,4-7,10H2,1-3H3. The number of ether oxygens (including phenoxy) is 2. The molecular formula is C15H24N2O2. The quantitative estimate of drug-likeness (QED) is 0.857. The zero-order valence-electron chi connectivity index (χ0n) is 12.1. The Morgan fingerprint density at radius 3 is 2.42 bits per heavy atom. The number of nitrogens with one attached hydrogen (secondary N) is 2. The van der Waals surface area contributed by atoms with E-state index in [0.717, 1.165) is 42.7 Å². The molecule has 0 unspecified atom stereocenters. The van der Waals surface area contributed by atoms with Gasteiger partial charge in [-0.3, -0.25) is 0 Å². The Morgan fingerprint density at radius 1 is 1.16 bits per heavy atom. The minimum atomic E-state index is 0.758. The lowest BCUT2D eigenvalue weighted by atomic mass is 9.98. The van der Waals surface area contributed by atoms with Gasteiger partial charge in [0.25, 0.3) is 0 Å². The van der Waals surface area contributed by atoms with Crippen molar-refractivity contribution in [3.8, 4) is 11.5 Å². The Morgan fingerprint density at radius 2 is 1.79 bits per heavy atom. The van der Waals surface area contributed by atoms with Crippen LogP contribution in [0.15, 0.2) is 12.1 Å². The van der Waals surface area contributed by atoms with Crippen molar-refractivity contribution >= 4 is 5.69 Å². The summed E-state index contributed by atoms with van der Waals surface area (Å²) in [6, 6.07) is 4.04. The van der Waals surface area contributed by atoms with E-state index in [-0.39, 0.29) is 0 Å². The number of piperidine rings is 1. The molecule has 0 aromatic heterocycles. The van der Waals surface area contributed by atoms with Crippen LogP contribution < -0.4 is 20.1 Å². The van der Waals surface area contributed by atoms with Crippen LogP contribution in [0.4, 0.5) is 5.69 Å². The Hall–Kier alpha value is -1.42. The van der Waals surface area contributed by atoms with E-state index >= 15 is 0 Å². The summed E-state index contributed by atoms with van der Waals surface area (Å²) in [7, 11) is 3.34. The van der Waals surface area contributed by atoms with Crippen molar-refractivity contribution in [1.29, 1.82) is 0 Å². The number of rotatable bonds is 5. The summed E-state index contributed by atoms with van der Waals surface area (Å²) in [5.74, 6) is 2.32. The number of aryl methyl sites for hydroxylation is 1. The molecule has 1 aromatic carbocycles. The van der Waals surface area contributed by atoms with Gasteiger partial charge in [0.05, 0.1) is 14.2 Å². The molecule has 19 heavy (non-hydrogen) atoms. The molecule has 2 N–H and O–H groups in total. The summed E-state index contributed by atoms with van der Waals surface area (Å²) in [5.41, 5.74) is 2.32. The predicted molar refractivity (Wildman–Crippen MR) is 78.4 cm³/mol. The minimum Gasteiger partial charge on any atom is -0.493 e. The molecule has 0 atom stereocenters. The van der Waals surface area contributed by atoms with Gasteiger partial charge in [-0.15, -0.1) is 0 Å². The van der Waals surface area contributed by atoms with Crippen LogP contribution in [0, 0.1) is 12.8 Å². The van der Waals surface area contributed by atoms with Gasteiger partial charge in [0, 0.05) is 18.3 Å². The van der Waals surface area contributed by atoms with Gasteiger partial charge in [-0.2, -0.15) is 0 Å². The second-order valence-electron chi connectivity index (χ2n) is 5.10. The summed E-state index contributed by atoms with van der Waals surface area (Å²) >= 11 is 0. The van der Waals surface area contributed by atoms with E-state index in [1.807, 2.05) is 12.1 Å². The molecule has 0 saturated carbocycles. The highest BCUT2D eigenvalue weighted by Gasteiger charge is 2.14. The monoisotopic (exact) mass is 264 g/mol. The van der Waals surface area contributed by atoms with Gasteiger partial charge < -0.3 is 20.1 Å². The Kier molecular flexibility index (Phi) is 4.91. The third-order valence-electron chi connectivity index (χ3n) is 3.77. The van der Waals surface area contributed by atoms with Crippen LogP contribution in [0.25, 0.3) is 0 Å². The highest BCUT2D eigenvalue weighted by molar-refractivity contribution is 5.60. The number of anilines is 1. The lowest BCUT2D eigenvalue weighted by Crippen LogP contribution is -2.31. The summed E-state index contributed by atoms with van der Waals surface area (Å²) < 4.78 is 10.7. The normalized spacial score (nSPS) is 16.2. The first-order valence-electron chi connectivity index (χ1n) is 6.91. The van der Waals surface area contributed by atoms with E-state index in [4.69, 9.17) is 9.47 Å². The van der Waals surface area contributed by atoms with Gasteiger partial charge in [-0.05, 0) is 50.4 Å². The van der Waals surface area contributed by atoms with Crippen LogP contribution in [0.5, 0.6) is 11.5 Å². The molecule has 4 nitrogen and oxygen atoms in total. The molecule has 0 aliphatic carbocycles. The van der Waals surface area contributed by atoms with Crippen molar-refractivity contribution in [2.45, 2.75) is 19.8 Å². The topological polar surface area (TPSA) is 42.5 Å². The van der Waals surface area contributed by atoms with Crippen LogP contribution in [0.3, 0.4) is 0 Å². The fourth-order valence-corrected chi connectivity index (χ4v) is 2.51. The van der Waals surface area contributed by atoms with E-state index in [2.05, 4.69) is 17.6 Å². The molecule has 0 radical (unpaired) electrons. The number of hydrogen-bond donors (Lipinski definition) is 2. The van der Waals surface area contributed by atoms with E-state index in [9.17, 15) is 0 Å². The van der Waals surface area contributed by atoms with Crippen molar-refractivity contribution in [3.05, 3.63) is 17.7 Å². The highest BCUT2D eigenvalue weighted by atomic mass is 16.5. The first kappa shape index (κ1) is 14.0. The lowest BCUT2D eigenvalue weighted by Gasteiger charge is -2.24. The maximum atomic E-state index is 5.35. The van der Waals surface area contributed by atoms with Gasteiger partial charge in [0.15, 0.2) is 11.5 Å². The molecule has 1 saturated heterocycles. The zero-order chi connectivity index (χ0) is 13.7. The molecule has 106 valence electrons. The van der Waals surface area contributed by atoms with Crippen LogP contribution in [-0.2, 0) is 0 Å². The Balaban J connectivity index is 2.02. The smallest absolute Gasteiger partial charge is 0.162 e. The number of hydrogen-bond acceptors (Lipinski definition) is 4. The molecule has 4 heteroatoms. The van der Waals surface area contributed by atoms with E-state index < -0.39 is 0 Å². The van der Waals surface area contributed by atoms with Crippen LogP contribution in [0.2, 0.25) is 0 Å². The fourth-order valence-electron chi connectivity index (χ4n) is 2.51. The van der Waals surface area contributed by atoms with Gasteiger partial charge in [-0.1, -0.05) is 0 Å². The fraction of sp³-hybridized carbons (Fsp3) is 0.600. The summed E-state index contributed by atoms with van der Waals surface area (Å²) in [5, 5.41) is 6.94. The molecule has 0 amide bonds. The average molecular weight is 264 g/mol. The largest absolute Gasteiger partial charge is 0.493 e. The van der Waals surface area contributed by atoms with Crippen molar-refractivity contribution < 1.29 is 9.47 Å². The molecule has 2 rings (SSSR count). The Labute approximate surface area is 115 Å². The zero-order valence-corrected chi connectivity index (χ0v) is 12.1. The first-order chi connectivity index (χ1) is 9.24. The summed E-state index contributed by atoms with van der Waals surface area (Å²) in [6.07, 6.45) is 2.50. The highest BCUT2D eigenvalue weighted by Crippen LogP contribution is 2.33. The van der Waals surface area contributed by atoms with Gasteiger partial charge in [-0.25, -0.2) is 0 Å². The third kappa shape index (κ3) is 3.53. The molecule has 0 spiro atoms. The van der Waals surface area contributed by atoms with E-state index in [1.54, 1.807) is 14.2 Å². The SMILES string of the molecule is COc1cc(C)c(NCC2CCNCC2)cc1OC. The molecule has 1 fully saturated rings. The van der Waals surface area contributed by atoms with Crippen LogP contribution >= 0.6 is 0 Å². The van der Waals surface area contributed by atoms with Crippen molar-refractivity contribution in [3.63, 3.8) is 0 Å². The van der Waals surface area contributed by atoms with E-state index in [1.165, 1.54) is 18.4 Å². The van der Waals surface area contributed by atoms with Gasteiger partial charge in [0.2, 0.25) is 0 Å². The Bertz CT molecular complexity index is 415. The molecule has 1 aliphatic heterocycles. The van der Waals surface area contributed by atoms with Gasteiger partial charge >= 0.3 is 0 Å². The third-order valence-corrected chi connectivity index (χ3v) is 3.77. The minimum absolute atomic E-state index is 0.758. The maximum absolute atomic E-state index is 5.35. The molecule has 1 aliphatic rings. The lowest BCUT2D eigenvalue weighted by molar-refractivity contribution is 0.354. The second kappa shape index (κ2) is 6.66. The second-order valence-corrected chi connectivity index (χ2v) is 5.10. The number of methoxy groups -OCH3 is 2. The van der Waals surface area contributed by atoms with E-state index in [0.29, 0.717) is 0 Å². The van der Waals surface area contributed by atoms with Crippen molar-refractivity contribution in [2.75, 3.05) is 39.2 Å². The van der Waals surface area contributed by atoms with Gasteiger partial charge in [0.1, 0.15) is 0 Å². The van der Waals surface area contributed by atoms with Crippen molar-refractivity contribution in [2.24, 2.45) is 5.92 Å². The molecule has 1 heterocycles. The summed E-state index contributed by atoms with van der Waals surface area (Å²) in [6.45, 7) is 5.39. The number of benzene rings is 1. The first-order valence-corrected chi connectivity index (χ1v) is 6.91. The van der Waals surface area contributed by atoms with Crippen LogP contribution in [-0.4, -0.2) is 33.9 Å². The summed E-state index contributed by atoms with van der Waals surface area (Å²) in [4.78, 5) is 0.